The van der Waals surface area contributed by atoms with Gasteiger partial charge in [-0.2, -0.15) is 0 Å². The molecule has 0 spiro atoms. The minimum Gasteiger partial charge on any atom is -0.450 e. The molecule has 6 heteroatoms. The van der Waals surface area contributed by atoms with Crippen LogP contribution in [-0.4, -0.2) is 59.9 Å². The summed E-state index contributed by atoms with van der Waals surface area (Å²) in [6.45, 7) is 12.3. The Labute approximate surface area is 151 Å². The predicted octanol–water partition coefficient (Wildman–Crippen LogP) is 3.89. The van der Waals surface area contributed by atoms with Gasteiger partial charge in [0.1, 0.15) is 5.60 Å². The van der Waals surface area contributed by atoms with Crippen LogP contribution in [-0.2, 0) is 9.47 Å². The number of piperidine rings is 2. The average molecular weight is 354 g/mol. The number of rotatable bonds is 2. The quantitative estimate of drug-likeness (QED) is 0.755. The Balaban J connectivity index is 1.94. The fourth-order valence-corrected chi connectivity index (χ4v) is 3.86. The summed E-state index contributed by atoms with van der Waals surface area (Å²) in [6, 6.07) is 0.226. The zero-order valence-electron chi connectivity index (χ0n) is 16.4. The molecule has 144 valence electrons. The summed E-state index contributed by atoms with van der Waals surface area (Å²) in [5, 5.41) is 0. The van der Waals surface area contributed by atoms with Crippen LogP contribution in [0.3, 0.4) is 0 Å². The van der Waals surface area contributed by atoms with E-state index in [1.807, 2.05) is 32.6 Å². The molecule has 2 atom stereocenters. The minimum absolute atomic E-state index is 0.186. The molecule has 0 aromatic heterocycles. The second-order valence-electron chi connectivity index (χ2n) is 8.39. The second-order valence-corrected chi connectivity index (χ2v) is 8.39. The first-order valence-electron chi connectivity index (χ1n) is 9.62. The molecule has 2 amide bonds. The largest absolute Gasteiger partial charge is 0.450 e. The molecule has 2 aliphatic heterocycles. The van der Waals surface area contributed by atoms with Crippen molar-refractivity contribution < 1.29 is 19.1 Å². The van der Waals surface area contributed by atoms with Crippen LogP contribution < -0.4 is 0 Å². The Hall–Kier alpha value is -1.46. The van der Waals surface area contributed by atoms with Crippen LogP contribution in [0, 0.1) is 11.8 Å². The maximum Gasteiger partial charge on any atom is 0.410 e. The number of amides is 2. The third kappa shape index (κ3) is 5.51. The lowest BCUT2D eigenvalue weighted by Crippen LogP contribution is -2.52. The number of hydrogen-bond acceptors (Lipinski definition) is 4. The van der Waals surface area contributed by atoms with Crippen molar-refractivity contribution in [3.05, 3.63) is 0 Å². The van der Waals surface area contributed by atoms with E-state index in [4.69, 9.17) is 9.47 Å². The SMILES string of the molecule is CCOC(=O)N1CCC(C)CC1C1CCN(C(=O)OC(C)(C)C)CC1. The summed E-state index contributed by atoms with van der Waals surface area (Å²) in [4.78, 5) is 28.3. The van der Waals surface area contributed by atoms with Crippen molar-refractivity contribution in [1.29, 1.82) is 0 Å². The summed E-state index contributed by atoms with van der Waals surface area (Å²) < 4.78 is 10.7. The van der Waals surface area contributed by atoms with Crippen molar-refractivity contribution in [1.82, 2.24) is 9.80 Å². The molecule has 2 rings (SSSR count). The Morgan fingerprint density at radius 3 is 2.24 bits per heavy atom. The van der Waals surface area contributed by atoms with E-state index in [1.54, 1.807) is 4.90 Å². The van der Waals surface area contributed by atoms with Crippen LogP contribution in [0.25, 0.3) is 0 Å². The van der Waals surface area contributed by atoms with Gasteiger partial charge in [-0.05, 0) is 65.2 Å². The van der Waals surface area contributed by atoms with Gasteiger partial charge >= 0.3 is 12.2 Å². The normalized spacial score (nSPS) is 25.6. The third-order valence-electron chi connectivity index (χ3n) is 5.14. The molecular formula is C19H34N2O4. The first kappa shape index (κ1) is 19.9. The van der Waals surface area contributed by atoms with E-state index in [2.05, 4.69) is 6.92 Å². The highest BCUT2D eigenvalue weighted by Gasteiger charge is 2.38. The molecule has 0 radical (unpaired) electrons. The van der Waals surface area contributed by atoms with Gasteiger partial charge in [0.05, 0.1) is 6.61 Å². The fraction of sp³-hybridized carbons (Fsp3) is 0.895. The van der Waals surface area contributed by atoms with Crippen LogP contribution in [0.15, 0.2) is 0 Å². The van der Waals surface area contributed by atoms with Gasteiger partial charge in [-0.25, -0.2) is 9.59 Å². The first-order valence-corrected chi connectivity index (χ1v) is 9.62. The van der Waals surface area contributed by atoms with E-state index in [-0.39, 0.29) is 18.2 Å². The summed E-state index contributed by atoms with van der Waals surface area (Å²) in [7, 11) is 0. The standard InChI is InChI=1S/C19H34N2O4/c1-6-24-18(23)21-12-7-14(2)13-16(21)15-8-10-20(11-9-15)17(22)25-19(3,4)5/h14-16H,6-13H2,1-5H3. The predicted molar refractivity (Wildman–Crippen MR) is 96.4 cm³/mol. The molecule has 0 bridgehead atoms. The van der Waals surface area contributed by atoms with Crippen LogP contribution >= 0.6 is 0 Å². The fourth-order valence-electron chi connectivity index (χ4n) is 3.86. The van der Waals surface area contributed by atoms with Gasteiger partial charge in [0, 0.05) is 25.7 Å². The highest BCUT2D eigenvalue weighted by atomic mass is 16.6. The summed E-state index contributed by atoms with van der Waals surface area (Å²) >= 11 is 0. The van der Waals surface area contributed by atoms with Crippen LogP contribution in [0.1, 0.15) is 60.3 Å². The Morgan fingerprint density at radius 2 is 1.68 bits per heavy atom. The maximum absolute atomic E-state index is 12.3. The van der Waals surface area contributed by atoms with E-state index in [1.165, 1.54) is 0 Å². The average Bonchev–Trinajstić information content (AvgIpc) is 2.53. The van der Waals surface area contributed by atoms with E-state index in [0.717, 1.165) is 32.2 Å². The molecule has 2 unspecified atom stereocenters. The molecule has 25 heavy (non-hydrogen) atoms. The molecule has 0 N–H and O–H groups in total. The van der Waals surface area contributed by atoms with Crippen LogP contribution in [0.4, 0.5) is 9.59 Å². The Bertz CT molecular complexity index is 467. The number of carbonyl (C=O) groups is 2. The maximum atomic E-state index is 12.3. The lowest BCUT2D eigenvalue weighted by molar-refractivity contribution is 0.00504. The molecule has 2 saturated heterocycles. The lowest BCUT2D eigenvalue weighted by Gasteiger charge is -2.44. The van der Waals surface area contributed by atoms with E-state index >= 15 is 0 Å². The van der Waals surface area contributed by atoms with E-state index in [9.17, 15) is 9.59 Å². The number of nitrogens with zero attached hydrogens (tertiary/aromatic N) is 2. The van der Waals surface area contributed by atoms with Gasteiger partial charge in [-0.3, -0.25) is 0 Å². The summed E-state index contributed by atoms with van der Waals surface area (Å²) in [5.74, 6) is 1.05. The number of ether oxygens (including phenoxy) is 2. The second kappa shape index (κ2) is 8.28. The highest BCUT2D eigenvalue weighted by molar-refractivity contribution is 5.69. The Kier molecular flexibility index (Phi) is 6.58. The number of hydrogen-bond donors (Lipinski definition) is 0. The van der Waals surface area contributed by atoms with Gasteiger partial charge in [0.2, 0.25) is 0 Å². The van der Waals surface area contributed by atoms with Crippen molar-refractivity contribution in [2.75, 3.05) is 26.2 Å². The minimum atomic E-state index is -0.465. The smallest absolute Gasteiger partial charge is 0.410 e. The lowest BCUT2D eigenvalue weighted by atomic mass is 9.80. The van der Waals surface area contributed by atoms with Crippen molar-refractivity contribution in [3.63, 3.8) is 0 Å². The molecule has 2 aliphatic rings. The third-order valence-corrected chi connectivity index (χ3v) is 5.14. The molecular weight excluding hydrogens is 320 g/mol. The van der Waals surface area contributed by atoms with E-state index in [0.29, 0.717) is 31.5 Å². The van der Waals surface area contributed by atoms with Crippen molar-refractivity contribution in [2.45, 2.75) is 71.9 Å². The Morgan fingerprint density at radius 1 is 1.04 bits per heavy atom. The number of carbonyl (C=O) groups excluding carboxylic acids is 2. The zero-order chi connectivity index (χ0) is 18.6. The monoisotopic (exact) mass is 354 g/mol. The molecule has 6 nitrogen and oxygen atoms in total. The molecule has 0 aromatic carbocycles. The summed E-state index contributed by atoms with van der Waals surface area (Å²) in [6.07, 6.45) is 3.46. The van der Waals surface area contributed by atoms with Gasteiger partial charge in [0.25, 0.3) is 0 Å². The molecule has 0 saturated carbocycles. The summed E-state index contributed by atoms with van der Waals surface area (Å²) in [5.41, 5.74) is -0.465. The molecule has 2 fully saturated rings. The van der Waals surface area contributed by atoms with Crippen LogP contribution in [0.5, 0.6) is 0 Å². The number of likely N-dealkylation sites (tertiary alicyclic amines) is 2. The van der Waals surface area contributed by atoms with Gasteiger partial charge in [-0.15, -0.1) is 0 Å². The van der Waals surface area contributed by atoms with Crippen molar-refractivity contribution in [3.8, 4) is 0 Å². The van der Waals surface area contributed by atoms with Crippen molar-refractivity contribution in [2.24, 2.45) is 11.8 Å². The zero-order valence-corrected chi connectivity index (χ0v) is 16.4. The van der Waals surface area contributed by atoms with Crippen LogP contribution in [0.2, 0.25) is 0 Å². The molecule has 0 aromatic rings. The molecule has 2 heterocycles. The molecule has 0 aliphatic carbocycles. The van der Waals surface area contributed by atoms with Gasteiger partial charge in [0.15, 0.2) is 0 Å². The van der Waals surface area contributed by atoms with E-state index < -0.39 is 5.60 Å². The first-order chi connectivity index (χ1) is 11.7. The van der Waals surface area contributed by atoms with Gasteiger partial charge < -0.3 is 19.3 Å². The van der Waals surface area contributed by atoms with Gasteiger partial charge in [-0.1, -0.05) is 6.92 Å². The highest BCUT2D eigenvalue weighted by Crippen LogP contribution is 2.33. The topological polar surface area (TPSA) is 59.1 Å². The van der Waals surface area contributed by atoms with Crippen molar-refractivity contribution >= 4 is 12.2 Å².